The first-order valence-electron chi connectivity index (χ1n) is 9.06. The van der Waals surface area contributed by atoms with Crippen molar-refractivity contribution in [2.24, 2.45) is 0 Å². The molecule has 0 atom stereocenters. The van der Waals surface area contributed by atoms with Crippen molar-refractivity contribution in [1.82, 2.24) is 24.5 Å². The van der Waals surface area contributed by atoms with E-state index >= 15 is 0 Å². The van der Waals surface area contributed by atoms with Gasteiger partial charge in [-0.2, -0.15) is 0 Å². The van der Waals surface area contributed by atoms with Crippen LogP contribution in [0.1, 0.15) is 23.9 Å². The first-order valence-corrected chi connectivity index (χ1v) is 9.06. The zero-order chi connectivity index (χ0) is 20.2. The van der Waals surface area contributed by atoms with Gasteiger partial charge in [-0.25, -0.2) is 9.97 Å². The van der Waals surface area contributed by atoms with Gasteiger partial charge in [0.05, 0.1) is 22.9 Å². The number of fused-ring (bicyclic) bond motifs is 1. The van der Waals surface area contributed by atoms with E-state index in [0.717, 1.165) is 28.0 Å². The highest BCUT2D eigenvalue weighted by atomic mass is 16.1. The van der Waals surface area contributed by atoms with Crippen molar-refractivity contribution in [2.75, 3.05) is 5.32 Å². The molecule has 0 aliphatic rings. The average molecular weight is 382 g/mol. The summed E-state index contributed by atoms with van der Waals surface area (Å²) in [7, 11) is 0. The summed E-state index contributed by atoms with van der Waals surface area (Å²) >= 11 is 0. The van der Waals surface area contributed by atoms with Crippen LogP contribution >= 0.6 is 0 Å². The van der Waals surface area contributed by atoms with Gasteiger partial charge in [-0.1, -0.05) is 12.0 Å². The minimum atomic E-state index is -0.356. The molecule has 29 heavy (non-hydrogen) atoms. The number of carbonyl (C=O) groups excluding carboxylic acids is 1. The summed E-state index contributed by atoms with van der Waals surface area (Å²) in [6, 6.07) is 9.42. The van der Waals surface area contributed by atoms with Gasteiger partial charge in [-0.05, 0) is 49.6 Å². The second-order valence-corrected chi connectivity index (χ2v) is 6.46. The van der Waals surface area contributed by atoms with E-state index in [4.69, 9.17) is 4.98 Å². The number of nitrogens with one attached hydrogen (secondary N) is 1. The lowest BCUT2D eigenvalue weighted by molar-refractivity contribution is -0.111. The third-order valence-electron chi connectivity index (χ3n) is 4.43. The lowest BCUT2D eigenvalue weighted by Crippen LogP contribution is -2.08. The number of carbonyl (C=O) groups is 1. The minimum absolute atomic E-state index is 0.356. The third kappa shape index (κ3) is 3.96. The number of aryl methyl sites for hydroxylation is 1. The van der Waals surface area contributed by atoms with Gasteiger partial charge in [-0.15, -0.1) is 0 Å². The Morgan fingerprint density at radius 3 is 2.93 bits per heavy atom. The van der Waals surface area contributed by atoms with Crippen molar-refractivity contribution in [3.8, 4) is 17.7 Å². The third-order valence-corrected chi connectivity index (χ3v) is 4.43. The van der Waals surface area contributed by atoms with E-state index in [-0.39, 0.29) is 5.91 Å². The van der Waals surface area contributed by atoms with Crippen LogP contribution in [0.15, 0.2) is 55.2 Å². The summed E-state index contributed by atoms with van der Waals surface area (Å²) in [6.07, 6.45) is 7.50. The number of pyridine rings is 1. The average Bonchev–Trinajstić information content (AvgIpc) is 3.13. The molecular weight excluding hydrogens is 364 g/mol. The molecule has 4 aromatic rings. The molecule has 0 radical (unpaired) electrons. The van der Waals surface area contributed by atoms with Gasteiger partial charge in [0.15, 0.2) is 5.82 Å². The van der Waals surface area contributed by atoms with Crippen LogP contribution in [0.4, 0.5) is 5.69 Å². The van der Waals surface area contributed by atoms with E-state index in [1.54, 1.807) is 37.9 Å². The topological polar surface area (TPSA) is 85.6 Å². The Morgan fingerprint density at radius 1 is 1.21 bits per heavy atom. The van der Waals surface area contributed by atoms with Gasteiger partial charge < -0.3 is 5.32 Å². The summed E-state index contributed by atoms with van der Waals surface area (Å²) in [5.41, 5.74) is 5.14. The van der Waals surface area contributed by atoms with E-state index in [1.807, 2.05) is 35.8 Å². The largest absolute Gasteiger partial charge is 0.315 e. The SMILES string of the molecule is CC#CC(=O)Nc1ccc2ncn(-c3cncc(Cc4ncccc4C)n3)c2c1. The van der Waals surface area contributed by atoms with Crippen LogP contribution in [-0.4, -0.2) is 30.4 Å². The predicted molar refractivity (Wildman–Crippen MR) is 111 cm³/mol. The predicted octanol–water partition coefficient (Wildman–Crippen LogP) is 3.07. The maximum atomic E-state index is 11.8. The fourth-order valence-corrected chi connectivity index (χ4v) is 3.01. The summed E-state index contributed by atoms with van der Waals surface area (Å²) in [5, 5.41) is 2.76. The van der Waals surface area contributed by atoms with E-state index in [0.29, 0.717) is 17.9 Å². The van der Waals surface area contributed by atoms with Crippen molar-refractivity contribution in [2.45, 2.75) is 20.3 Å². The van der Waals surface area contributed by atoms with E-state index < -0.39 is 0 Å². The molecule has 0 saturated heterocycles. The molecule has 0 unspecified atom stereocenters. The molecule has 7 nitrogen and oxygen atoms in total. The van der Waals surface area contributed by atoms with Gasteiger partial charge in [0.2, 0.25) is 0 Å². The van der Waals surface area contributed by atoms with Gasteiger partial charge in [0.1, 0.15) is 6.33 Å². The van der Waals surface area contributed by atoms with Gasteiger partial charge in [0.25, 0.3) is 5.91 Å². The normalized spacial score (nSPS) is 10.4. The lowest BCUT2D eigenvalue weighted by Gasteiger charge is -2.08. The number of hydrogen-bond donors (Lipinski definition) is 1. The highest BCUT2D eigenvalue weighted by Gasteiger charge is 2.10. The van der Waals surface area contributed by atoms with Crippen LogP contribution in [0.3, 0.4) is 0 Å². The van der Waals surface area contributed by atoms with Crippen LogP contribution in [0.25, 0.3) is 16.9 Å². The summed E-state index contributed by atoms with van der Waals surface area (Å²) in [4.78, 5) is 29.7. The first kappa shape index (κ1) is 18.3. The fraction of sp³-hybridized carbons (Fsp3) is 0.136. The van der Waals surface area contributed by atoms with Crippen LogP contribution in [0, 0.1) is 18.8 Å². The molecular formula is C22H18N6O. The smallest absolute Gasteiger partial charge is 0.300 e. The second kappa shape index (κ2) is 7.90. The monoisotopic (exact) mass is 382 g/mol. The number of aromatic nitrogens is 5. The quantitative estimate of drug-likeness (QED) is 0.548. The molecule has 1 aromatic carbocycles. The Kier molecular flexibility index (Phi) is 4.99. The number of rotatable bonds is 4. The van der Waals surface area contributed by atoms with Crippen LogP contribution in [0.2, 0.25) is 0 Å². The number of hydrogen-bond acceptors (Lipinski definition) is 5. The molecule has 0 saturated carbocycles. The Balaban J connectivity index is 1.68. The maximum absolute atomic E-state index is 11.8. The van der Waals surface area contributed by atoms with Crippen molar-refractivity contribution in [3.05, 3.63) is 72.2 Å². The number of amides is 1. The number of nitrogens with zero attached hydrogens (tertiary/aromatic N) is 5. The molecule has 3 aromatic heterocycles. The molecule has 142 valence electrons. The number of anilines is 1. The fourth-order valence-electron chi connectivity index (χ4n) is 3.01. The summed E-state index contributed by atoms with van der Waals surface area (Å²) < 4.78 is 1.85. The van der Waals surface area contributed by atoms with E-state index in [9.17, 15) is 4.79 Å². The van der Waals surface area contributed by atoms with Crippen molar-refractivity contribution < 1.29 is 4.79 Å². The van der Waals surface area contributed by atoms with Gasteiger partial charge >= 0.3 is 0 Å². The van der Waals surface area contributed by atoms with Crippen LogP contribution in [-0.2, 0) is 11.2 Å². The highest BCUT2D eigenvalue weighted by Crippen LogP contribution is 2.21. The van der Waals surface area contributed by atoms with Crippen LogP contribution in [0.5, 0.6) is 0 Å². The lowest BCUT2D eigenvalue weighted by atomic mass is 10.1. The summed E-state index contributed by atoms with van der Waals surface area (Å²) in [5.74, 6) is 5.34. The molecule has 0 aliphatic heterocycles. The summed E-state index contributed by atoms with van der Waals surface area (Å²) in [6.45, 7) is 3.65. The Bertz CT molecular complexity index is 1270. The standard InChI is InChI=1S/C22H18N6O/c1-3-5-22(29)27-16-7-8-18-20(11-16)28(14-25-18)21-13-23-12-17(26-21)10-19-15(2)6-4-9-24-19/h4,6-9,11-14H,10H2,1-2H3,(H,27,29). The van der Waals surface area contributed by atoms with E-state index in [2.05, 4.69) is 32.1 Å². The minimum Gasteiger partial charge on any atom is -0.315 e. The Morgan fingerprint density at radius 2 is 2.10 bits per heavy atom. The zero-order valence-corrected chi connectivity index (χ0v) is 16.0. The van der Waals surface area contributed by atoms with Crippen molar-refractivity contribution in [3.63, 3.8) is 0 Å². The second-order valence-electron chi connectivity index (χ2n) is 6.46. The molecule has 1 N–H and O–H groups in total. The molecule has 0 bridgehead atoms. The zero-order valence-electron chi connectivity index (χ0n) is 16.0. The Hall–Kier alpha value is -4.05. The molecule has 3 heterocycles. The molecule has 0 fully saturated rings. The van der Waals surface area contributed by atoms with Gasteiger partial charge in [-0.3, -0.25) is 19.3 Å². The first-order chi connectivity index (χ1) is 14.1. The Labute approximate surface area is 167 Å². The van der Waals surface area contributed by atoms with E-state index in [1.165, 1.54) is 0 Å². The number of imidazole rings is 1. The van der Waals surface area contributed by atoms with Crippen molar-refractivity contribution in [1.29, 1.82) is 0 Å². The molecule has 0 spiro atoms. The van der Waals surface area contributed by atoms with Gasteiger partial charge in [0, 0.05) is 30.2 Å². The van der Waals surface area contributed by atoms with Crippen LogP contribution < -0.4 is 5.32 Å². The molecule has 7 heteroatoms. The molecule has 4 rings (SSSR count). The maximum Gasteiger partial charge on any atom is 0.300 e. The van der Waals surface area contributed by atoms with Crippen molar-refractivity contribution >= 4 is 22.6 Å². The number of benzene rings is 1. The highest BCUT2D eigenvalue weighted by molar-refractivity contribution is 6.04. The molecule has 1 amide bonds. The molecule has 0 aliphatic carbocycles.